The fourth-order valence-corrected chi connectivity index (χ4v) is 2.07. The van der Waals surface area contributed by atoms with Crippen molar-refractivity contribution in [3.05, 3.63) is 53.4 Å². The van der Waals surface area contributed by atoms with E-state index in [1.54, 1.807) is 11.0 Å². The summed E-state index contributed by atoms with van der Waals surface area (Å²) in [4.78, 5) is 14.1. The molecule has 0 atom stereocenters. The van der Waals surface area contributed by atoms with Gasteiger partial charge < -0.3 is 14.5 Å². The molecular weight excluding hydrogens is 280 g/mol. The Morgan fingerprint density at radius 3 is 2.50 bits per heavy atom. The molecule has 0 aliphatic rings. The lowest BCUT2D eigenvalue weighted by atomic mass is 9.93. The Labute approximate surface area is 130 Å². The second kappa shape index (κ2) is 6.75. The highest BCUT2D eigenvalue weighted by Crippen LogP contribution is 2.23. The van der Waals surface area contributed by atoms with E-state index in [1.807, 2.05) is 51.1 Å². The lowest BCUT2D eigenvalue weighted by Crippen LogP contribution is -2.33. The van der Waals surface area contributed by atoms with E-state index in [0.29, 0.717) is 12.3 Å². The molecule has 1 N–H and O–H groups in total. The number of aliphatic hydroxyl groups excluding tert-OH is 1. The van der Waals surface area contributed by atoms with Crippen molar-refractivity contribution in [1.29, 1.82) is 0 Å². The minimum Gasteiger partial charge on any atom is -0.395 e. The molecule has 0 bridgehead atoms. The van der Waals surface area contributed by atoms with Gasteiger partial charge in [-0.15, -0.1) is 0 Å². The maximum atomic E-state index is 12.6. The third-order valence-corrected chi connectivity index (χ3v) is 3.34. The number of carbonyl (C=O) groups excluding carboxylic acids is 1. The van der Waals surface area contributed by atoms with E-state index in [0.717, 1.165) is 5.56 Å². The fraction of sp³-hybridized carbons (Fsp3) is 0.412. The third-order valence-electron chi connectivity index (χ3n) is 3.34. The molecule has 1 aromatic heterocycles. The zero-order valence-corrected chi connectivity index (χ0v) is 13.2. The summed E-state index contributed by atoms with van der Waals surface area (Å²) in [7, 11) is 0. The Hall–Kier alpha value is -2.14. The molecule has 0 unspecified atom stereocenters. The molecule has 1 aromatic carbocycles. The van der Waals surface area contributed by atoms with Crippen LogP contribution >= 0.6 is 0 Å². The fourth-order valence-electron chi connectivity index (χ4n) is 2.07. The number of hydrogen-bond acceptors (Lipinski definition) is 4. The van der Waals surface area contributed by atoms with E-state index in [9.17, 15) is 9.90 Å². The zero-order valence-electron chi connectivity index (χ0n) is 13.2. The number of carbonyl (C=O) groups is 1. The van der Waals surface area contributed by atoms with Crippen LogP contribution in [0, 0.1) is 0 Å². The van der Waals surface area contributed by atoms with Gasteiger partial charge >= 0.3 is 0 Å². The lowest BCUT2D eigenvalue weighted by Gasteiger charge is -2.20. The summed E-state index contributed by atoms with van der Waals surface area (Å²) in [6, 6.07) is 11.3. The molecule has 1 amide bonds. The van der Waals surface area contributed by atoms with Gasteiger partial charge in [0.2, 0.25) is 0 Å². The van der Waals surface area contributed by atoms with Crippen LogP contribution in [0.4, 0.5) is 0 Å². The van der Waals surface area contributed by atoms with Crippen LogP contribution in [-0.4, -0.2) is 34.2 Å². The Bertz CT molecular complexity index is 614. The Morgan fingerprint density at radius 2 is 1.95 bits per heavy atom. The molecule has 2 aromatic rings. The molecule has 2 rings (SSSR count). The first-order valence-electron chi connectivity index (χ1n) is 7.33. The molecule has 5 nitrogen and oxygen atoms in total. The third kappa shape index (κ3) is 3.95. The molecule has 0 saturated heterocycles. The molecule has 0 spiro atoms. The standard InChI is InChI=1S/C17H22N2O3/c1-17(2,3)15-11-14(18-22-15)16(21)19(9-10-20)12-13-7-5-4-6-8-13/h4-8,11,20H,9-10,12H2,1-3H3. The van der Waals surface area contributed by atoms with Gasteiger partial charge in [-0.25, -0.2) is 0 Å². The topological polar surface area (TPSA) is 66.6 Å². The van der Waals surface area contributed by atoms with Crippen LogP contribution < -0.4 is 0 Å². The average molecular weight is 302 g/mol. The molecule has 0 radical (unpaired) electrons. The number of aromatic nitrogens is 1. The first-order valence-corrected chi connectivity index (χ1v) is 7.33. The van der Waals surface area contributed by atoms with Crippen LogP contribution in [0.25, 0.3) is 0 Å². The second-order valence-electron chi connectivity index (χ2n) is 6.26. The molecule has 0 saturated carbocycles. The lowest BCUT2D eigenvalue weighted by molar-refractivity contribution is 0.0697. The maximum Gasteiger partial charge on any atom is 0.276 e. The van der Waals surface area contributed by atoms with Crippen molar-refractivity contribution in [3.63, 3.8) is 0 Å². The van der Waals surface area contributed by atoms with Gasteiger partial charge in [-0.3, -0.25) is 4.79 Å². The van der Waals surface area contributed by atoms with E-state index in [2.05, 4.69) is 5.16 Å². The first kappa shape index (κ1) is 16.2. The van der Waals surface area contributed by atoms with Gasteiger partial charge in [0.05, 0.1) is 6.61 Å². The highest BCUT2D eigenvalue weighted by molar-refractivity contribution is 5.92. The van der Waals surface area contributed by atoms with Crippen LogP contribution in [0.1, 0.15) is 42.6 Å². The molecule has 0 aliphatic carbocycles. The van der Waals surface area contributed by atoms with Gasteiger partial charge in [-0.05, 0) is 5.56 Å². The van der Waals surface area contributed by atoms with E-state index in [1.165, 1.54) is 0 Å². The average Bonchev–Trinajstić information content (AvgIpc) is 2.97. The minimum absolute atomic E-state index is 0.0947. The molecular formula is C17H22N2O3. The molecule has 0 aliphatic heterocycles. The summed E-state index contributed by atoms with van der Waals surface area (Å²) < 4.78 is 5.27. The summed E-state index contributed by atoms with van der Waals surface area (Å²) in [5.41, 5.74) is 1.07. The molecule has 22 heavy (non-hydrogen) atoms. The van der Waals surface area contributed by atoms with Gasteiger partial charge in [0.25, 0.3) is 5.91 Å². The van der Waals surface area contributed by atoms with Gasteiger partial charge in [0, 0.05) is 24.6 Å². The van der Waals surface area contributed by atoms with Crippen LogP contribution in [-0.2, 0) is 12.0 Å². The summed E-state index contributed by atoms with van der Waals surface area (Å²) in [6.45, 7) is 6.58. The predicted octanol–water partition coefficient (Wildman–Crippen LogP) is 2.61. The first-order chi connectivity index (χ1) is 10.4. The number of rotatable bonds is 5. The number of nitrogens with zero attached hydrogens (tertiary/aromatic N) is 2. The van der Waals surface area contributed by atoms with Crippen LogP contribution in [0.15, 0.2) is 40.9 Å². The van der Waals surface area contributed by atoms with E-state index < -0.39 is 0 Å². The number of amides is 1. The number of aliphatic hydroxyl groups is 1. The van der Waals surface area contributed by atoms with Crippen LogP contribution in [0.3, 0.4) is 0 Å². The Morgan fingerprint density at radius 1 is 1.27 bits per heavy atom. The molecule has 0 fully saturated rings. The zero-order chi connectivity index (χ0) is 16.2. The van der Waals surface area contributed by atoms with Crippen molar-refractivity contribution in [2.75, 3.05) is 13.2 Å². The molecule has 1 heterocycles. The van der Waals surface area contributed by atoms with E-state index in [4.69, 9.17) is 4.52 Å². The highest BCUT2D eigenvalue weighted by atomic mass is 16.5. The van der Waals surface area contributed by atoms with Gasteiger partial charge in [0.15, 0.2) is 5.69 Å². The van der Waals surface area contributed by atoms with Crippen molar-refractivity contribution < 1.29 is 14.4 Å². The van der Waals surface area contributed by atoms with Crippen molar-refractivity contribution >= 4 is 5.91 Å². The highest BCUT2D eigenvalue weighted by Gasteiger charge is 2.24. The van der Waals surface area contributed by atoms with Crippen LogP contribution in [0.5, 0.6) is 0 Å². The van der Waals surface area contributed by atoms with E-state index >= 15 is 0 Å². The van der Waals surface area contributed by atoms with Gasteiger partial charge in [-0.2, -0.15) is 0 Å². The summed E-state index contributed by atoms with van der Waals surface area (Å²) in [5, 5.41) is 13.1. The normalized spacial score (nSPS) is 11.5. The van der Waals surface area contributed by atoms with Crippen molar-refractivity contribution in [2.24, 2.45) is 0 Å². The maximum absolute atomic E-state index is 12.6. The molecule has 5 heteroatoms. The van der Waals surface area contributed by atoms with Gasteiger partial charge in [-0.1, -0.05) is 56.3 Å². The second-order valence-corrected chi connectivity index (χ2v) is 6.26. The summed E-state index contributed by atoms with van der Waals surface area (Å²) in [6.07, 6.45) is 0. The van der Waals surface area contributed by atoms with Crippen molar-refractivity contribution in [3.8, 4) is 0 Å². The smallest absolute Gasteiger partial charge is 0.276 e. The van der Waals surface area contributed by atoms with E-state index in [-0.39, 0.29) is 30.2 Å². The monoisotopic (exact) mass is 302 g/mol. The van der Waals surface area contributed by atoms with Crippen molar-refractivity contribution in [1.82, 2.24) is 10.1 Å². The number of hydrogen-bond donors (Lipinski definition) is 1. The Kier molecular flexibility index (Phi) is 4.98. The SMILES string of the molecule is CC(C)(C)c1cc(C(=O)N(CCO)Cc2ccccc2)no1. The largest absolute Gasteiger partial charge is 0.395 e. The van der Waals surface area contributed by atoms with Crippen LogP contribution in [0.2, 0.25) is 0 Å². The Balaban J connectivity index is 2.17. The number of benzene rings is 1. The van der Waals surface area contributed by atoms with Gasteiger partial charge in [0.1, 0.15) is 5.76 Å². The predicted molar refractivity (Wildman–Crippen MR) is 83.5 cm³/mol. The van der Waals surface area contributed by atoms with Crippen molar-refractivity contribution in [2.45, 2.75) is 32.7 Å². The molecule has 118 valence electrons. The summed E-state index contributed by atoms with van der Waals surface area (Å²) >= 11 is 0. The minimum atomic E-state index is -0.239. The quantitative estimate of drug-likeness (QED) is 0.922. The summed E-state index contributed by atoms with van der Waals surface area (Å²) in [5.74, 6) is 0.427.